The summed E-state index contributed by atoms with van der Waals surface area (Å²) in [6, 6.07) is 9.18. The van der Waals surface area contributed by atoms with Gasteiger partial charge in [0.2, 0.25) is 5.91 Å². The summed E-state index contributed by atoms with van der Waals surface area (Å²) in [6.07, 6.45) is 8.40. The minimum atomic E-state index is -0.352. The molecule has 44 heavy (non-hydrogen) atoms. The predicted molar refractivity (Wildman–Crippen MR) is 178 cm³/mol. The van der Waals surface area contributed by atoms with Crippen LogP contribution in [0.4, 0.5) is 4.79 Å². The molecular weight excluding hydrogens is 640 g/mol. The summed E-state index contributed by atoms with van der Waals surface area (Å²) < 4.78 is 1.03. The van der Waals surface area contributed by atoms with Crippen molar-refractivity contribution in [2.24, 2.45) is 17.6 Å². The zero-order chi connectivity index (χ0) is 31.0. The number of hydrogen-bond acceptors (Lipinski definition) is 5. The second-order valence-corrected chi connectivity index (χ2v) is 14.9. The monoisotopic (exact) mass is 684 g/mol. The fraction of sp³-hybridized carbons (Fsp3) is 0.618. The van der Waals surface area contributed by atoms with E-state index in [4.69, 9.17) is 22.3 Å². The number of pyridine rings is 1. The van der Waals surface area contributed by atoms with E-state index in [-0.39, 0.29) is 24.0 Å². The van der Waals surface area contributed by atoms with Crippen molar-refractivity contribution in [1.29, 1.82) is 0 Å². The lowest BCUT2D eigenvalue weighted by molar-refractivity contribution is -0.139. The second-order valence-electron chi connectivity index (χ2n) is 13.6. The minimum absolute atomic E-state index is 0.140. The van der Waals surface area contributed by atoms with Gasteiger partial charge >= 0.3 is 6.03 Å². The molecule has 1 aromatic carbocycles. The third-order valence-electron chi connectivity index (χ3n) is 10.6. The minimum Gasteiger partial charge on any atom is -0.351 e. The number of aryl methyl sites for hydroxylation is 2. The van der Waals surface area contributed by atoms with Gasteiger partial charge in [-0.05, 0) is 101 Å². The van der Waals surface area contributed by atoms with E-state index in [1.165, 1.54) is 22.4 Å². The topological polar surface area (TPSA) is 86.0 Å². The van der Waals surface area contributed by atoms with Crippen molar-refractivity contribution < 1.29 is 9.59 Å². The van der Waals surface area contributed by atoms with E-state index in [1.807, 2.05) is 12.3 Å². The Kier molecular flexibility index (Phi) is 9.86. The molecule has 0 radical (unpaired) electrons. The summed E-state index contributed by atoms with van der Waals surface area (Å²) in [6.45, 7) is 10.5. The van der Waals surface area contributed by atoms with E-state index >= 15 is 0 Å². The zero-order valence-electron chi connectivity index (χ0n) is 26.1. The SMILES string of the molecule is CC(C)[C@H]1CN(C2CCN(C3c4ccc(Cl)cc4CCc4cc(Br)cnc43)CC2)CCN1C(=O)CC1CCN(C(N)=O)CC1. The van der Waals surface area contributed by atoms with Crippen LogP contribution >= 0.6 is 27.5 Å². The normalized spacial score (nSPS) is 24.2. The van der Waals surface area contributed by atoms with Gasteiger partial charge in [0.05, 0.1) is 11.7 Å². The van der Waals surface area contributed by atoms with E-state index in [9.17, 15) is 9.59 Å². The highest BCUT2D eigenvalue weighted by Crippen LogP contribution is 2.39. The van der Waals surface area contributed by atoms with Crippen LogP contribution in [0.1, 0.15) is 74.4 Å². The maximum atomic E-state index is 13.5. The number of piperazine rings is 1. The molecule has 3 aliphatic heterocycles. The maximum absolute atomic E-state index is 13.5. The van der Waals surface area contributed by atoms with Crippen molar-refractivity contribution >= 4 is 39.5 Å². The Morgan fingerprint density at radius 1 is 0.977 bits per heavy atom. The molecule has 1 unspecified atom stereocenters. The predicted octanol–water partition coefficient (Wildman–Crippen LogP) is 5.50. The molecule has 0 bridgehead atoms. The smallest absolute Gasteiger partial charge is 0.314 e. The van der Waals surface area contributed by atoms with Crippen molar-refractivity contribution in [1.82, 2.24) is 24.6 Å². The highest BCUT2D eigenvalue weighted by molar-refractivity contribution is 9.10. The quantitative estimate of drug-likeness (QED) is 0.450. The van der Waals surface area contributed by atoms with Gasteiger partial charge < -0.3 is 15.5 Å². The van der Waals surface area contributed by atoms with Gasteiger partial charge in [0.1, 0.15) is 0 Å². The van der Waals surface area contributed by atoms with Crippen molar-refractivity contribution in [2.75, 3.05) is 45.8 Å². The molecular formula is C34H46BrClN6O2. The third-order valence-corrected chi connectivity index (χ3v) is 11.3. The van der Waals surface area contributed by atoms with Crippen molar-refractivity contribution in [3.63, 3.8) is 0 Å². The van der Waals surface area contributed by atoms with E-state index in [0.29, 0.717) is 37.4 Å². The number of hydrogen-bond donors (Lipinski definition) is 1. The Labute approximate surface area is 275 Å². The number of nitrogens with zero attached hydrogens (tertiary/aromatic N) is 5. The van der Waals surface area contributed by atoms with E-state index in [0.717, 1.165) is 80.7 Å². The second kappa shape index (κ2) is 13.7. The molecule has 0 spiro atoms. The van der Waals surface area contributed by atoms with Crippen LogP contribution in [0.3, 0.4) is 0 Å². The van der Waals surface area contributed by atoms with Crippen LogP contribution in [-0.4, -0.2) is 94.4 Å². The fourth-order valence-electron chi connectivity index (χ4n) is 8.06. The lowest BCUT2D eigenvalue weighted by Crippen LogP contribution is -2.60. The van der Waals surface area contributed by atoms with Crippen LogP contribution in [0.2, 0.25) is 5.02 Å². The largest absolute Gasteiger partial charge is 0.351 e. The summed E-state index contributed by atoms with van der Waals surface area (Å²) in [7, 11) is 0. The molecule has 1 aromatic heterocycles. The van der Waals surface area contributed by atoms with Crippen molar-refractivity contribution in [3.8, 4) is 0 Å². The number of aromatic nitrogens is 1. The van der Waals surface area contributed by atoms with Gasteiger partial charge in [-0.3, -0.25) is 19.6 Å². The average Bonchev–Trinajstić information content (AvgIpc) is 3.17. The molecule has 238 valence electrons. The number of amides is 3. The molecule has 4 heterocycles. The number of halogens is 2. The third kappa shape index (κ3) is 6.81. The molecule has 3 amide bonds. The van der Waals surface area contributed by atoms with E-state index in [1.54, 1.807) is 4.90 Å². The number of carbonyl (C=O) groups excluding carboxylic acids is 2. The fourth-order valence-corrected chi connectivity index (χ4v) is 8.63. The Balaban J connectivity index is 1.10. The summed E-state index contributed by atoms with van der Waals surface area (Å²) in [5, 5.41) is 0.798. The summed E-state index contributed by atoms with van der Waals surface area (Å²) in [4.78, 5) is 39.2. The molecule has 1 aliphatic carbocycles. The molecule has 0 saturated carbocycles. The molecule has 10 heteroatoms. The van der Waals surface area contributed by atoms with Crippen molar-refractivity contribution in [2.45, 2.75) is 76.9 Å². The first-order valence-corrected chi connectivity index (χ1v) is 17.6. The average molecular weight is 686 g/mol. The number of fused-ring (bicyclic) bond motifs is 2. The molecule has 3 fully saturated rings. The van der Waals surface area contributed by atoms with Crippen LogP contribution < -0.4 is 5.73 Å². The molecule has 2 atom stereocenters. The molecule has 2 N–H and O–H groups in total. The van der Waals surface area contributed by atoms with Gasteiger partial charge in [0, 0.05) is 80.0 Å². The lowest BCUT2D eigenvalue weighted by atomic mass is 9.90. The zero-order valence-corrected chi connectivity index (χ0v) is 28.4. The first-order chi connectivity index (χ1) is 21.2. The van der Waals surface area contributed by atoms with Crippen LogP contribution in [0.15, 0.2) is 34.9 Å². The van der Waals surface area contributed by atoms with Gasteiger partial charge in [-0.25, -0.2) is 4.79 Å². The summed E-state index contributed by atoms with van der Waals surface area (Å²) >= 11 is 10.1. The first kappa shape index (κ1) is 31.8. The first-order valence-electron chi connectivity index (χ1n) is 16.4. The van der Waals surface area contributed by atoms with Crippen LogP contribution in [-0.2, 0) is 17.6 Å². The van der Waals surface area contributed by atoms with Crippen LogP contribution in [0.5, 0.6) is 0 Å². The van der Waals surface area contributed by atoms with Crippen LogP contribution in [0, 0.1) is 11.8 Å². The number of rotatable bonds is 5. The van der Waals surface area contributed by atoms with Crippen molar-refractivity contribution in [3.05, 3.63) is 62.3 Å². The maximum Gasteiger partial charge on any atom is 0.314 e. The van der Waals surface area contributed by atoms with Gasteiger partial charge in [0.15, 0.2) is 0 Å². The van der Waals surface area contributed by atoms with Gasteiger partial charge in [-0.2, -0.15) is 0 Å². The number of urea groups is 1. The Morgan fingerprint density at radius 3 is 2.41 bits per heavy atom. The summed E-state index contributed by atoms with van der Waals surface area (Å²) in [5.41, 5.74) is 10.6. The number of likely N-dealkylation sites (tertiary alicyclic amines) is 2. The van der Waals surface area contributed by atoms with Gasteiger partial charge in [0.25, 0.3) is 0 Å². The number of benzene rings is 1. The van der Waals surface area contributed by atoms with E-state index < -0.39 is 0 Å². The molecule has 4 aliphatic rings. The van der Waals surface area contributed by atoms with Crippen LogP contribution in [0.25, 0.3) is 0 Å². The highest BCUT2D eigenvalue weighted by atomic mass is 79.9. The van der Waals surface area contributed by atoms with Gasteiger partial charge in [-0.15, -0.1) is 0 Å². The standard InChI is InChI=1S/C34H46BrClN6O2/c1-22(2)30-21-41(15-16-42(30)31(43)17-23-7-11-40(12-8-23)34(37)44)28-9-13-39(14-10-28)33-29-6-5-27(36)19-24(29)3-4-25-18-26(35)20-38-32(25)33/h5-6,18-20,22-23,28,30,33H,3-4,7-17,21H2,1-2H3,(H2,37,44)/t30-,33?/m1/s1. The molecule has 8 nitrogen and oxygen atoms in total. The number of nitrogens with two attached hydrogens (primary N) is 1. The number of carbonyl (C=O) groups is 2. The van der Waals surface area contributed by atoms with Gasteiger partial charge in [-0.1, -0.05) is 31.5 Å². The van der Waals surface area contributed by atoms with E-state index in [2.05, 4.69) is 62.7 Å². The highest BCUT2D eigenvalue weighted by Gasteiger charge is 2.39. The number of primary amides is 1. The Bertz CT molecular complexity index is 1300. The molecule has 3 saturated heterocycles. The lowest BCUT2D eigenvalue weighted by Gasteiger charge is -2.48. The Hall–Kier alpha value is -2.20. The summed E-state index contributed by atoms with van der Waals surface area (Å²) in [5.74, 6) is 1.01. The number of piperidine rings is 2. The molecule has 2 aromatic rings. The Morgan fingerprint density at radius 2 is 1.70 bits per heavy atom. The molecule has 6 rings (SSSR count).